The number of amides is 1. The molecule has 0 fully saturated rings. The number of ether oxygens (including phenoxy) is 2. The van der Waals surface area contributed by atoms with E-state index in [0.717, 1.165) is 17.9 Å². The molecule has 0 saturated heterocycles. The monoisotopic (exact) mass is 280 g/mol. The van der Waals surface area contributed by atoms with Crippen LogP contribution < -0.4 is 15.4 Å². The van der Waals surface area contributed by atoms with Gasteiger partial charge >= 0.3 is 0 Å². The van der Waals surface area contributed by atoms with Crippen LogP contribution in [0.2, 0.25) is 0 Å². The molecule has 0 atom stereocenters. The van der Waals surface area contributed by atoms with Crippen molar-refractivity contribution in [3.63, 3.8) is 0 Å². The Morgan fingerprint density at radius 2 is 2.05 bits per heavy atom. The van der Waals surface area contributed by atoms with Gasteiger partial charge in [0.2, 0.25) is 5.91 Å². The molecule has 1 aromatic carbocycles. The minimum atomic E-state index is -0.0412. The average Bonchev–Trinajstić information content (AvgIpc) is 2.42. The standard InChI is InChI=1S/C15H24N2O3/c1-12(2)20-14-8-5-4-7-13(14)17-11-15(18)16-9-6-10-19-3/h4-5,7-8,12,17H,6,9-11H2,1-3H3,(H,16,18). The van der Waals surface area contributed by atoms with Gasteiger partial charge in [0.1, 0.15) is 5.75 Å². The van der Waals surface area contributed by atoms with Crippen LogP contribution in [0.5, 0.6) is 5.75 Å². The zero-order valence-electron chi connectivity index (χ0n) is 12.4. The molecule has 0 aromatic heterocycles. The van der Waals surface area contributed by atoms with Gasteiger partial charge in [0.05, 0.1) is 18.3 Å². The van der Waals surface area contributed by atoms with E-state index in [9.17, 15) is 4.79 Å². The van der Waals surface area contributed by atoms with E-state index >= 15 is 0 Å². The van der Waals surface area contributed by atoms with E-state index in [1.54, 1.807) is 7.11 Å². The summed E-state index contributed by atoms with van der Waals surface area (Å²) in [5.41, 5.74) is 0.827. The zero-order valence-corrected chi connectivity index (χ0v) is 12.4. The molecule has 5 nitrogen and oxygen atoms in total. The van der Waals surface area contributed by atoms with Gasteiger partial charge in [-0.2, -0.15) is 0 Å². The van der Waals surface area contributed by atoms with Crippen LogP contribution in [0.15, 0.2) is 24.3 Å². The third-order valence-electron chi connectivity index (χ3n) is 2.54. The van der Waals surface area contributed by atoms with E-state index in [-0.39, 0.29) is 18.6 Å². The van der Waals surface area contributed by atoms with Gasteiger partial charge < -0.3 is 20.1 Å². The van der Waals surface area contributed by atoms with Crippen LogP contribution in [-0.2, 0) is 9.53 Å². The molecule has 112 valence electrons. The molecule has 0 bridgehead atoms. The fourth-order valence-corrected chi connectivity index (χ4v) is 1.65. The van der Waals surface area contributed by atoms with Crippen molar-refractivity contribution in [3.8, 4) is 5.75 Å². The maximum absolute atomic E-state index is 11.7. The van der Waals surface area contributed by atoms with Crippen molar-refractivity contribution < 1.29 is 14.3 Å². The Hall–Kier alpha value is -1.75. The minimum Gasteiger partial charge on any atom is -0.489 e. The van der Waals surface area contributed by atoms with Crippen LogP contribution in [-0.4, -0.2) is 38.8 Å². The Morgan fingerprint density at radius 1 is 1.30 bits per heavy atom. The fraction of sp³-hybridized carbons (Fsp3) is 0.533. The molecule has 1 rings (SSSR count). The highest BCUT2D eigenvalue weighted by Crippen LogP contribution is 2.24. The van der Waals surface area contributed by atoms with Gasteiger partial charge in [0, 0.05) is 20.3 Å². The second-order valence-corrected chi connectivity index (χ2v) is 4.71. The lowest BCUT2D eigenvalue weighted by molar-refractivity contribution is -0.119. The van der Waals surface area contributed by atoms with Crippen LogP contribution in [0, 0.1) is 0 Å². The summed E-state index contributed by atoms with van der Waals surface area (Å²) < 4.78 is 10.6. The maximum Gasteiger partial charge on any atom is 0.239 e. The predicted octanol–water partition coefficient (Wildman–Crippen LogP) is 2.04. The highest BCUT2D eigenvalue weighted by Gasteiger charge is 2.06. The quantitative estimate of drug-likeness (QED) is 0.680. The van der Waals surface area contributed by atoms with Crippen LogP contribution in [0.3, 0.4) is 0 Å². The number of anilines is 1. The predicted molar refractivity (Wildman–Crippen MR) is 80.2 cm³/mol. The van der Waals surface area contributed by atoms with Crippen molar-refractivity contribution in [2.75, 3.05) is 32.1 Å². The topological polar surface area (TPSA) is 59.6 Å². The summed E-state index contributed by atoms with van der Waals surface area (Å²) in [6.45, 7) is 5.45. The van der Waals surface area contributed by atoms with Crippen molar-refractivity contribution in [2.45, 2.75) is 26.4 Å². The minimum absolute atomic E-state index is 0.0412. The first-order valence-corrected chi connectivity index (χ1v) is 6.88. The largest absolute Gasteiger partial charge is 0.489 e. The highest BCUT2D eigenvalue weighted by atomic mass is 16.5. The van der Waals surface area contributed by atoms with Gasteiger partial charge in [0.15, 0.2) is 0 Å². The Kier molecular flexibility index (Phi) is 7.50. The van der Waals surface area contributed by atoms with E-state index in [1.165, 1.54) is 0 Å². The third-order valence-corrected chi connectivity index (χ3v) is 2.54. The molecular weight excluding hydrogens is 256 g/mol. The summed E-state index contributed by atoms with van der Waals surface area (Å²) in [4.78, 5) is 11.7. The molecule has 0 saturated carbocycles. The molecular formula is C15H24N2O3. The number of carbonyl (C=O) groups is 1. The summed E-state index contributed by atoms with van der Waals surface area (Å²) in [5.74, 6) is 0.718. The summed E-state index contributed by atoms with van der Waals surface area (Å²) in [5, 5.41) is 5.92. The number of hydrogen-bond donors (Lipinski definition) is 2. The molecule has 0 unspecified atom stereocenters. The summed E-state index contributed by atoms with van der Waals surface area (Å²) in [6, 6.07) is 7.61. The lowest BCUT2D eigenvalue weighted by Crippen LogP contribution is -2.31. The first-order valence-electron chi connectivity index (χ1n) is 6.88. The van der Waals surface area contributed by atoms with Gasteiger partial charge in [-0.05, 0) is 32.4 Å². The second kappa shape index (κ2) is 9.20. The number of methoxy groups -OCH3 is 1. The van der Waals surface area contributed by atoms with Crippen molar-refractivity contribution in [1.82, 2.24) is 5.32 Å². The second-order valence-electron chi connectivity index (χ2n) is 4.71. The molecule has 20 heavy (non-hydrogen) atoms. The Labute approximate surface area is 120 Å². The smallest absolute Gasteiger partial charge is 0.239 e. The van der Waals surface area contributed by atoms with Crippen molar-refractivity contribution in [2.24, 2.45) is 0 Å². The molecule has 2 N–H and O–H groups in total. The van der Waals surface area contributed by atoms with Crippen molar-refractivity contribution in [3.05, 3.63) is 24.3 Å². The number of carbonyl (C=O) groups excluding carboxylic acids is 1. The van der Waals surface area contributed by atoms with E-state index in [1.807, 2.05) is 38.1 Å². The molecule has 1 aromatic rings. The maximum atomic E-state index is 11.7. The van der Waals surface area contributed by atoms with E-state index in [2.05, 4.69) is 10.6 Å². The molecule has 1 amide bonds. The summed E-state index contributed by atoms with van der Waals surface area (Å²) in [7, 11) is 1.65. The number of benzene rings is 1. The van der Waals surface area contributed by atoms with Crippen LogP contribution in [0.25, 0.3) is 0 Å². The van der Waals surface area contributed by atoms with E-state index < -0.39 is 0 Å². The summed E-state index contributed by atoms with van der Waals surface area (Å²) in [6.07, 6.45) is 0.913. The SMILES string of the molecule is COCCCNC(=O)CNc1ccccc1OC(C)C. The van der Waals surface area contributed by atoms with Crippen LogP contribution in [0.1, 0.15) is 20.3 Å². The lowest BCUT2D eigenvalue weighted by Gasteiger charge is -2.15. The van der Waals surface area contributed by atoms with Crippen molar-refractivity contribution in [1.29, 1.82) is 0 Å². The molecule has 0 aliphatic carbocycles. The van der Waals surface area contributed by atoms with Gasteiger partial charge in [-0.15, -0.1) is 0 Å². The lowest BCUT2D eigenvalue weighted by atomic mass is 10.3. The molecule has 0 heterocycles. The van der Waals surface area contributed by atoms with Gasteiger partial charge in [-0.1, -0.05) is 12.1 Å². The highest BCUT2D eigenvalue weighted by molar-refractivity contribution is 5.81. The van der Waals surface area contributed by atoms with E-state index in [0.29, 0.717) is 13.2 Å². The molecule has 0 radical (unpaired) electrons. The third kappa shape index (κ3) is 6.43. The first-order chi connectivity index (χ1) is 9.63. The summed E-state index contributed by atoms with van der Waals surface area (Å²) >= 11 is 0. The van der Waals surface area contributed by atoms with Crippen molar-refractivity contribution >= 4 is 11.6 Å². The first kappa shape index (κ1) is 16.3. The fourth-order valence-electron chi connectivity index (χ4n) is 1.65. The van der Waals surface area contributed by atoms with E-state index in [4.69, 9.17) is 9.47 Å². The van der Waals surface area contributed by atoms with Gasteiger partial charge in [-0.25, -0.2) is 0 Å². The average molecular weight is 280 g/mol. The van der Waals surface area contributed by atoms with Crippen LogP contribution >= 0.6 is 0 Å². The van der Waals surface area contributed by atoms with Gasteiger partial charge in [-0.3, -0.25) is 4.79 Å². The Morgan fingerprint density at radius 3 is 2.75 bits per heavy atom. The normalized spacial score (nSPS) is 10.4. The Bertz CT molecular complexity index is 408. The Balaban J connectivity index is 2.39. The zero-order chi connectivity index (χ0) is 14.8. The molecule has 0 aliphatic rings. The number of para-hydroxylation sites is 2. The van der Waals surface area contributed by atoms with Crippen LogP contribution in [0.4, 0.5) is 5.69 Å². The molecule has 0 aliphatic heterocycles. The molecule has 5 heteroatoms. The number of rotatable bonds is 9. The van der Waals surface area contributed by atoms with Gasteiger partial charge in [0.25, 0.3) is 0 Å². The number of hydrogen-bond acceptors (Lipinski definition) is 4. The molecule has 0 spiro atoms. The number of nitrogens with one attached hydrogen (secondary N) is 2.